The van der Waals surface area contributed by atoms with Gasteiger partial charge in [-0.05, 0) is 30.2 Å². The third-order valence-electron chi connectivity index (χ3n) is 3.20. The molecule has 0 radical (unpaired) electrons. The van der Waals surface area contributed by atoms with Crippen molar-refractivity contribution in [3.8, 4) is 10.6 Å². The van der Waals surface area contributed by atoms with Gasteiger partial charge in [0.15, 0.2) is 0 Å². The Labute approximate surface area is 123 Å². The van der Waals surface area contributed by atoms with Crippen molar-refractivity contribution in [2.75, 3.05) is 0 Å². The van der Waals surface area contributed by atoms with E-state index in [0.717, 1.165) is 34.5 Å². The maximum Gasteiger partial charge on any atom is 0.416 e. The van der Waals surface area contributed by atoms with Crippen molar-refractivity contribution in [2.45, 2.75) is 19.5 Å². The van der Waals surface area contributed by atoms with Crippen LogP contribution in [0.2, 0.25) is 0 Å². The molecular formula is C15H11F3N2S. The minimum Gasteiger partial charge on any atom is -0.244 e. The van der Waals surface area contributed by atoms with Crippen molar-refractivity contribution < 1.29 is 13.2 Å². The Balaban J connectivity index is 2.13. The molecule has 0 aliphatic rings. The van der Waals surface area contributed by atoms with E-state index in [4.69, 9.17) is 0 Å². The van der Waals surface area contributed by atoms with E-state index >= 15 is 0 Å². The molecule has 2 nitrogen and oxygen atoms in total. The number of thiazole rings is 1. The summed E-state index contributed by atoms with van der Waals surface area (Å²) in [6.45, 7) is 2.01. The number of pyridine rings is 1. The third-order valence-corrected chi connectivity index (χ3v) is 4.21. The first kappa shape index (κ1) is 14.0. The van der Waals surface area contributed by atoms with E-state index in [1.165, 1.54) is 17.4 Å². The fourth-order valence-electron chi connectivity index (χ4n) is 2.12. The van der Waals surface area contributed by atoms with Crippen molar-refractivity contribution in [3.63, 3.8) is 0 Å². The highest BCUT2D eigenvalue weighted by Gasteiger charge is 2.30. The highest BCUT2D eigenvalue weighted by atomic mass is 32.1. The molecular weight excluding hydrogens is 297 g/mol. The molecule has 0 N–H and O–H groups in total. The van der Waals surface area contributed by atoms with Crippen LogP contribution >= 0.6 is 11.3 Å². The zero-order valence-electron chi connectivity index (χ0n) is 11.1. The second-order valence-corrected chi connectivity index (χ2v) is 5.55. The van der Waals surface area contributed by atoms with E-state index in [1.807, 2.05) is 13.0 Å². The Hall–Kier alpha value is -1.95. The van der Waals surface area contributed by atoms with Crippen LogP contribution in [-0.2, 0) is 12.6 Å². The van der Waals surface area contributed by atoms with Gasteiger partial charge in [0, 0.05) is 11.8 Å². The summed E-state index contributed by atoms with van der Waals surface area (Å²) in [5, 5.41) is 0.560. The fraction of sp³-hybridized carbons (Fsp3) is 0.200. The molecule has 2 aromatic heterocycles. The van der Waals surface area contributed by atoms with Crippen molar-refractivity contribution in [2.24, 2.45) is 0 Å². The molecule has 21 heavy (non-hydrogen) atoms. The van der Waals surface area contributed by atoms with Gasteiger partial charge in [-0.25, -0.2) is 9.97 Å². The van der Waals surface area contributed by atoms with Gasteiger partial charge in [0.25, 0.3) is 0 Å². The molecule has 0 aliphatic carbocycles. The number of rotatable bonds is 2. The SMILES string of the molecule is CCc1ccnc2sc(-c3cccc(C(F)(F)F)c3)nc12. The van der Waals surface area contributed by atoms with Gasteiger partial charge >= 0.3 is 6.18 Å². The summed E-state index contributed by atoms with van der Waals surface area (Å²) in [4.78, 5) is 9.46. The van der Waals surface area contributed by atoms with Gasteiger partial charge in [-0.2, -0.15) is 13.2 Å². The maximum atomic E-state index is 12.8. The number of alkyl halides is 3. The lowest BCUT2D eigenvalue weighted by molar-refractivity contribution is -0.137. The van der Waals surface area contributed by atoms with E-state index in [9.17, 15) is 13.2 Å². The number of aromatic nitrogens is 2. The zero-order valence-corrected chi connectivity index (χ0v) is 11.9. The summed E-state index contributed by atoms with van der Waals surface area (Å²) < 4.78 is 38.3. The third kappa shape index (κ3) is 2.63. The van der Waals surface area contributed by atoms with Gasteiger partial charge in [-0.1, -0.05) is 30.4 Å². The minimum absolute atomic E-state index is 0.467. The average molecular weight is 308 g/mol. The topological polar surface area (TPSA) is 25.8 Å². The van der Waals surface area contributed by atoms with Crippen molar-refractivity contribution in [3.05, 3.63) is 47.7 Å². The summed E-state index contributed by atoms with van der Waals surface area (Å²) >= 11 is 1.31. The highest BCUT2D eigenvalue weighted by Crippen LogP contribution is 2.35. The lowest BCUT2D eigenvalue weighted by Crippen LogP contribution is -2.04. The Kier molecular flexibility index (Phi) is 3.41. The van der Waals surface area contributed by atoms with Crippen LogP contribution in [0.3, 0.4) is 0 Å². The molecule has 0 saturated carbocycles. The van der Waals surface area contributed by atoms with Crippen molar-refractivity contribution in [1.82, 2.24) is 9.97 Å². The molecule has 0 amide bonds. The van der Waals surface area contributed by atoms with Crippen molar-refractivity contribution >= 4 is 21.7 Å². The first-order valence-corrected chi connectivity index (χ1v) is 7.22. The molecule has 0 fully saturated rings. The lowest BCUT2D eigenvalue weighted by Gasteiger charge is -2.07. The predicted octanol–water partition coefficient (Wildman–Crippen LogP) is 4.94. The summed E-state index contributed by atoms with van der Waals surface area (Å²) in [5.74, 6) is 0. The van der Waals surface area contributed by atoms with Crippen LogP contribution in [0.25, 0.3) is 20.9 Å². The highest BCUT2D eigenvalue weighted by molar-refractivity contribution is 7.21. The van der Waals surface area contributed by atoms with Crippen LogP contribution in [0.5, 0.6) is 0 Å². The second-order valence-electron chi connectivity index (χ2n) is 4.57. The number of benzene rings is 1. The number of hydrogen-bond acceptors (Lipinski definition) is 3. The van der Waals surface area contributed by atoms with Crippen molar-refractivity contribution in [1.29, 1.82) is 0 Å². The Morgan fingerprint density at radius 1 is 1.19 bits per heavy atom. The summed E-state index contributed by atoms with van der Waals surface area (Å²) in [7, 11) is 0. The summed E-state index contributed by atoms with van der Waals surface area (Å²) in [6, 6.07) is 7.12. The Morgan fingerprint density at radius 3 is 2.71 bits per heavy atom. The Morgan fingerprint density at radius 2 is 2.00 bits per heavy atom. The monoisotopic (exact) mass is 308 g/mol. The standard InChI is InChI=1S/C15H11F3N2S/c1-2-9-6-7-19-14-12(9)20-13(21-14)10-4-3-5-11(8-10)15(16,17)18/h3-8H,2H2,1H3. The van der Waals surface area contributed by atoms with Gasteiger partial charge in [0.2, 0.25) is 0 Å². The first-order valence-electron chi connectivity index (χ1n) is 6.41. The van der Waals surface area contributed by atoms with E-state index in [-0.39, 0.29) is 0 Å². The predicted molar refractivity (Wildman–Crippen MR) is 77.2 cm³/mol. The van der Waals surface area contributed by atoms with Crippen LogP contribution < -0.4 is 0 Å². The molecule has 3 aromatic rings. The van der Waals surface area contributed by atoms with Gasteiger partial charge in [-0.15, -0.1) is 0 Å². The van der Waals surface area contributed by atoms with Gasteiger partial charge in [0.05, 0.1) is 5.56 Å². The van der Waals surface area contributed by atoms with Crippen LogP contribution in [-0.4, -0.2) is 9.97 Å². The number of nitrogens with zero attached hydrogens (tertiary/aromatic N) is 2. The number of aryl methyl sites for hydroxylation is 1. The van der Waals surface area contributed by atoms with Crippen LogP contribution in [0.1, 0.15) is 18.1 Å². The van der Waals surface area contributed by atoms with E-state index < -0.39 is 11.7 Å². The molecule has 0 spiro atoms. The molecule has 0 saturated heterocycles. The minimum atomic E-state index is -4.35. The second kappa shape index (κ2) is 5.11. The van der Waals surface area contributed by atoms with E-state index in [1.54, 1.807) is 12.3 Å². The van der Waals surface area contributed by atoms with Crippen LogP contribution in [0, 0.1) is 0 Å². The summed E-state index contributed by atoms with van der Waals surface area (Å²) in [5.41, 5.74) is 1.63. The quantitative estimate of drug-likeness (QED) is 0.670. The van der Waals surface area contributed by atoms with E-state index in [0.29, 0.717) is 10.6 Å². The van der Waals surface area contributed by atoms with Crippen LogP contribution in [0.4, 0.5) is 13.2 Å². The first-order chi connectivity index (χ1) is 9.99. The maximum absolute atomic E-state index is 12.8. The normalized spacial score (nSPS) is 12.0. The molecule has 2 heterocycles. The van der Waals surface area contributed by atoms with Gasteiger partial charge in [0.1, 0.15) is 15.4 Å². The molecule has 3 rings (SSSR count). The average Bonchev–Trinajstić information content (AvgIpc) is 2.90. The van der Waals surface area contributed by atoms with Crippen LogP contribution in [0.15, 0.2) is 36.5 Å². The zero-order chi connectivity index (χ0) is 15.0. The largest absolute Gasteiger partial charge is 0.416 e. The van der Waals surface area contributed by atoms with Gasteiger partial charge < -0.3 is 0 Å². The molecule has 108 valence electrons. The number of halogens is 3. The number of hydrogen-bond donors (Lipinski definition) is 0. The van der Waals surface area contributed by atoms with Gasteiger partial charge in [-0.3, -0.25) is 0 Å². The Bertz CT molecular complexity index is 793. The fourth-order valence-corrected chi connectivity index (χ4v) is 3.07. The molecule has 1 aromatic carbocycles. The molecule has 0 atom stereocenters. The molecule has 0 unspecified atom stereocenters. The number of fused-ring (bicyclic) bond motifs is 1. The van der Waals surface area contributed by atoms with E-state index in [2.05, 4.69) is 9.97 Å². The molecule has 0 bridgehead atoms. The molecule has 0 aliphatic heterocycles. The molecule has 6 heteroatoms. The smallest absolute Gasteiger partial charge is 0.244 e. The lowest BCUT2D eigenvalue weighted by atomic mass is 10.1. The summed E-state index contributed by atoms with van der Waals surface area (Å²) in [6.07, 6.45) is -1.83.